The second-order valence-corrected chi connectivity index (χ2v) is 7.90. The lowest BCUT2D eigenvalue weighted by Crippen LogP contribution is -2.41. The van der Waals surface area contributed by atoms with Crippen molar-refractivity contribution in [3.63, 3.8) is 0 Å². The van der Waals surface area contributed by atoms with Crippen LogP contribution in [-0.4, -0.2) is 24.0 Å². The summed E-state index contributed by atoms with van der Waals surface area (Å²) in [5.41, 5.74) is 7.93. The van der Waals surface area contributed by atoms with Crippen molar-refractivity contribution in [3.8, 4) is 0 Å². The summed E-state index contributed by atoms with van der Waals surface area (Å²) in [5, 5.41) is 2.22. The zero-order valence-corrected chi connectivity index (χ0v) is 15.0. The minimum Gasteiger partial charge on any atom is -0.326 e. The number of nitrogens with zero attached hydrogens (tertiary/aromatic N) is 1. The molecule has 1 aromatic rings. The van der Waals surface area contributed by atoms with Gasteiger partial charge in [0.2, 0.25) is 0 Å². The van der Waals surface area contributed by atoms with Gasteiger partial charge in [0.05, 0.1) is 6.04 Å². The molecule has 2 rings (SSSR count). The van der Waals surface area contributed by atoms with Crippen LogP contribution in [0.3, 0.4) is 0 Å². The molecule has 0 spiro atoms. The van der Waals surface area contributed by atoms with Crippen molar-refractivity contribution in [2.45, 2.75) is 65.5 Å². The van der Waals surface area contributed by atoms with Crippen molar-refractivity contribution in [1.29, 1.82) is 0 Å². The summed E-state index contributed by atoms with van der Waals surface area (Å²) >= 11 is 1.89. The number of aryl methyl sites for hydroxylation is 1. The summed E-state index contributed by atoms with van der Waals surface area (Å²) in [7, 11) is 0. The van der Waals surface area contributed by atoms with Crippen LogP contribution in [0.1, 0.15) is 62.9 Å². The van der Waals surface area contributed by atoms with Gasteiger partial charge in [-0.15, -0.1) is 11.3 Å². The maximum absolute atomic E-state index is 6.52. The Kier molecular flexibility index (Phi) is 6.27. The fourth-order valence-corrected chi connectivity index (χ4v) is 4.77. The van der Waals surface area contributed by atoms with E-state index in [1.807, 2.05) is 11.3 Å². The first-order chi connectivity index (χ1) is 10.0. The number of nitrogens with two attached hydrogens (primary N) is 1. The van der Waals surface area contributed by atoms with Crippen molar-refractivity contribution >= 4 is 11.3 Å². The molecule has 3 unspecified atom stereocenters. The van der Waals surface area contributed by atoms with Crippen molar-refractivity contribution in [1.82, 2.24) is 4.90 Å². The lowest BCUT2D eigenvalue weighted by atomic mass is 9.89. The maximum Gasteiger partial charge on any atom is 0.0596 e. The largest absolute Gasteiger partial charge is 0.326 e. The minimum absolute atomic E-state index is 0.248. The van der Waals surface area contributed by atoms with Crippen LogP contribution < -0.4 is 5.73 Å². The highest BCUT2D eigenvalue weighted by atomic mass is 32.1. The first kappa shape index (κ1) is 17.0. The third kappa shape index (κ3) is 4.08. The van der Waals surface area contributed by atoms with Crippen LogP contribution in [0.4, 0.5) is 0 Å². The van der Waals surface area contributed by atoms with E-state index in [1.165, 1.54) is 42.8 Å². The summed E-state index contributed by atoms with van der Waals surface area (Å²) in [6.45, 7) is 11.6. The summed E-state index contributed by atoms with van der Waals surface area (Å²) in [6.07, 6.45) is 5.08. The zero-order valence-electron chi connectivity index (χ0n) is 14.1. The van der Waals surface area contributed by atoms with Gasteiger partial charge in [0.25, 0.3) is 0 Å². The van der Waals surface area contributed by atoms with E-state index < -0.39 is 0 Å². The average Bonchev–Trinajstić information content (AvgIpc) is 2.74. The molecule has 3 heteroatoms. The molecule has 0 aliphatic carbocycles. The van der Waals surface area contributed by atoms with Crippen molar-refractivity contribution in [2.75, 3.05) is 13.1 Å². The third-order valence-corrected chi connectivity index (χ3v) is 6.28. The Balaban J connectivity index is 2.16. The third-order valence-electron chi connectivity index (χ3n) is 5.19. The number of likely N-dealkylation sites (tertiary alicyclic amines) is 1. The SMILES string of the molecule is CCC(N)C(c1sccc1C)N1CCCC(C(C)C)CC1. The van der Waals surface area contributed by atoms with Crippen molar-refractivity contribution in [2.24, 2.45) is 17.6 Å². The van der Waals surface area contributed by atoms with Crippen LogP contribution >= 0.6 is 11.3 Å². The van der Waals surface area contributed by atoms with Crippen molar-refractivity contribution < 1.29 is 0 Å². The van der Waals surface area contributed by atoms with Gasteiger partial charge in [-0.25, -0.2) is 0 Å². The fourth-order valence-electron chi connectivity index (χ4n) is 3.63. The molecule has 120 valence electrons. The average molecular weight is 309 g/mol. The topological polar surface area (TPSA) is 29.3 Å². The quantitative estimate of drug-likeness (QED) is 0.862. The minimum atomic E-state index is 0.248. The lowest BCUT2D eigenvalue weighted by molar-refractivity contribution is 0.173. The first-order valence-corrected chi connectivity index (χ1v) is 9.46. The van der Waals surface area contributed by atoms with Gasteiger partial charge < -0.3 is 5.73 Å². The van der Waals surface area contributed by atoms with E-state index in [1.54, 1.807) is 0 Å². The predicted octanol–water partition coefficient (Wildman–Crippen LogP) is 4.59. The molecule has 0 bridgehead atoms. The molecule has 2 nitrogen and oxygen atoms in total. The molecule has 1 saturated heterocycles. The molecule has 1 aliphatic heterocycles. The second-order valence-electron chi connectivity index (χ2n) is 6.96. The van der Waals surface area contributed by atoms with Gasteiger partial charge in [0.1, 0.15) is 0 Å². The standard InChI is InChI=1S/C18H32N2S/c1-5-16(19)17(18-14(4)9-12-21-18)20-10-6-7-15(8-11-20)13(2)3/h9,12-13,15-17H,5-8,10-11,19H2,1-4H3. The van der Waals surface area contributed by atoms with E-state index in [2.05, 4.69) is 44.0 Å². The van der Waals surface area contributed by atoms with E-state index in [-0.39, 0.29) is 6.04 Å². The number of rotatable bonds is 5. The molecule has 0 saturated carbocycles. The second kappa shape index (κ2) is 7.75. The molecular formula is C18H32N2S. The molecule has 2 heterocycles. The van der Waals surface area contributed by atoms with E-state index in [9.17, 15) is 0 Å². The Hall–Kier alpha value is -0.380. The lowest BCUT2D eigenvalue weighted by Gasteiger charge is -2.34. The summed E-state index contributed by atoms with van der Waals surface area (Å²) in [5.74, 6) is 1.70. The van der Waals surface area contributed by atoms with Gasteiger partial charge in [-0.3, -0.25) is 4.90 Å². The smallest absolute Gasteiger partial charge is 0.0596 e. The van der Waals surface area contributed by atoms with Gasteiger partial charge in [-0.05, 0) is 74.5 Å². The van der Waals surface area contributed by atoms with Crippen LogP contribution in [0.2, 0.25) is 0 Å². The van der Waals surface area contributed by atoms with E-state index in [0.717, 1.165) is 18.3 Å². The number of thiophene rings is 1. The molecule has 1 aliphatic rings. The molecule has 1 aromatic heterocycles. The Bertz CT molecular complexity index is 427. The first-order valence-electron chi connectivity index (χ1n) is 8.58. The molecule has 2 N–H and O–H groups in total. The van der Waals surface area contributed by atoms with Gasteiger partial charge in [-0.2, -0.15) is 0 Å². The zero-order chi connectivity index (χ0) is 15.4. The maximum atomic E-state index is 6.52. The fraction of sp³-hybridized carbons (Fsp3) is 0.778. The molecular weight excluding hydrogens is 276 g/mol. The highest BCUT2D eigenvalue weighted by Gasteiger charge is 2.30. The molecule has 0 aromatic carbocycles. The van der Waals surface area contributed by atoms with Gasteiger partial charge in [0, 0.05) is 10.9 Å². The van der Waals surface area contributed by atoms with E-state index in [0.29, 0.717) is 6.04 Å². The molecule has 0 radical (unpaired) electrons. The van der Waals surface area contributed by atoms with Crippen LogP contribution in [0.25, 0.3) is 0 Å². The van der Waals surface area contributed by atoms with Crippen LogP contribution in [0, 0.1) is 18.8 Å². The van der Waals surface area contributed by atoms with Crippen molar-refractivity contribution in [3.05, 3.63) is 21.9 Å². The highest BCUT2D eigenvalue weighted by Crippen LogP contribution is 2.35. The van der Waals surface area contributed by atoms with Gasteiger partial charge in [-0.1, -0.05) is 20.8 Å². The molecule has 1 fully saturated rings. The molecule has 21 heavy (non-hydrogen) atoms. The normalized spacial score (nSPS) is 24.0. The Morgan fingerprint density at radius 3 is 2.67 bits per heavy atom. The van der Waals surface area contributed by atoms with Crippen LogP contribution in [0.5, 0.6) is 0 Å². The number of hydrogen-bond donors (Lipinski definition) is 1. The Morgan fingerprint density at radius 2 is 2.10 bits per heavy atom. The van der Waals surface area contributed by atoms with Crippen LogP contribution in [0.15, 0.2) is 11.4 Å². The van der Waals surface area contributed by atoms with E-state index >= 15 is 0 Å². The summed E-state index contributed by atoms with van der Waals surface area (Å²) in [6, 6.07) is 2.91. The Labute approximate surface area is 134 Å². The van der Waals surface area contributed by atoms with Gasteiger partial charge >= 0.3 is 0 Å². The Morgan fingerprint density at radius 1 is 1.33 bits per heavy atom. The highest BCUT2D eigenvalue weighted by molar-refractivity contribution is 7.10. The van der Waals surface area contributed by atoms with Crippen LogP contribution in [-0.2, 0) is 0 Å². The van der Waals surface area contributed by atoms with Gasteiger partial charge in [0.15, 0.2) is 0 Å². The molecule has 0 amide bonds. The summed E-state index contributed by atoms with van der Waals surface area (Å²) in [4.78, 5) is 4.17. The summed E-state index contributed by atoms with van der Waals surface area (Å²) < 4.78 is 0. The number of hydrogen-bond acceptors (Lipinski definition) is 3. The molecule has 3 atom stereocenters. The monoisotopic (exact) mass is 308 g/mol. The predicted molar refractivity (Wildman–Crippen MR) is 93.8 cm³/mol. The van der Waals surface area contributed by atoms with E-state index in [4.69, 9.17) is 5.73 Å².